The van der Waals surface area contributed by atoms with Crippen LogP contribution in [0.5, 0.6) is 0 Å². The summed E-state index contributed by atoms with van der Waals surface area (Å²) in [4.78, 5) is 27.0. The molecule has 0 radical (unpaired) electrons. The van der Waals surface area contributed by atoms with E-state index in [1.54, 1.807) is 0 Å². The first-order chi connectivity index (χ1) is 16.5. The maximum Gasteiger partial charge on any atom is 0.242 e. The molecule has 3 aromatic carbocycles. The number of thioether (sulfide) groups is 1. The molecule has 1 saturated carbocycles. The largest absolute Gasteiger partial charge is 0.326 e. The van der Waals surface area contributed by atoms with Crippen molar-refractivity contribution in [2.45, 2.75) is 56.1 Å². The fourth-order valence-electron chi connectivity index (χ4n) is 4.46. The van der Waals surface area contributed by atoms with E-state index in [1.165, 1.54) is 18.2 Å². The predicted octanol–water partition coefficient (Wildman–Crippen LogP) is 7.29. The van der Waals surface area contributed by atoms with Gasteiger partial charge in [-0.3, -0.25) is 9.59 Å². The van der Waals surface area contributed by atoms with E-state index in [4.69, 9.17) is 0 Å². The van der Waals surface area contributed by atoms with E-state index in [2.05, 4.69) is 10.6 Å². The predicted molar refractivity (Wildman–Crippen MR) is 141 cm³/mol. The van der Waals surface area contributed by atoms with Gasteiger partial charge in [0.2, 0.25) is 11.8 Å². The van der Waals surface area contributed by atoms with Crippen molar-refractivity contribution in [3.8, 4) is 0 Å². The molecule has 5 heteroatoms. The van der Waals surface area contributed by atoms with Crippen LogP contribution in [0.2, 0.25) is 0 Å². The van der Waals surface area contributed by atoms with Crippen molar-refractivity contribution in [2.24, 2.45) is 5.92 Å². The third kappa shape index (κ3) is 6.09. The smallest absolute Gasteiger partial charge is 0.242 e. The number of hydrogen-bond donors (Lipinski definition) is 2. The van der Waals surface area contributed by atoms with Crippen LogP contribution in [-0.2, 0) is 9.59 Å². The van der Waals surface area contributed by atoms with Crippen LogP contribution in [0, 0.1) is 19.8 Å². The van der Waals surface area contributed by atoms with Crippen molar-refractivity contribution < 1.29 is 9.59 Å². The minimum absolute atomic E-state index is 0.0525. The second kappa shape index (κ2) is 11.4. The van der Waals surface area contributed by atoms with Gasteiger partial charge in [0, 0.05) is 22.2 Å². The second-order valence-corrected chi connectivity index (χ2v) is 10.2. The van der Waals surface area contributed by atoms with Crippen LogP contribution >= 0.6 is 11.8 Å². The molecule has 1 aliphatic carbocycles. The first-order valence-corrected chi connectivity index (χ1v) is 12.9. The molecule has 1 aliphatic rings. The summed E-state index contributed by atoms with van der Waals surface area (Å²) in [6.45, 7) is 4.02. The van der Waals surface area contributed by atoms with Gasteiger partial charge in [-0.25, -0.2) is 0 Å². The average molecular weight is 473 g/mol. The van der Waals surface area contributed by atoms with Gasteiger partial charge in [-0.1, -0.05) is 67.8 Å². The number of carbonyl (C=O) groups is 2. The molecule has 4 nitrogen and oxygen atoms in total. The fourth-order valence-corrected chi connectivity index (χ4v) is 5.49. The van der Waals surface area contributed by atoms with Crippen molar-refractivity contribution in [3.05, 3.63) is 89.5 Å². The fraction of sp³-hybridized carbons (Fsp3) is 0.310. The highest BCUT2D eigenvalue weighted by atomic mass is 32.2. The number of nitrogens with one attached hydrogen (secondary N) is 2. The number of anilines is 2. The summed E-state index contributed by atoms with van der Waals surface area (Å²) in [5, 5.41) is 5.82. The van der Waals surface area contributed by atoms with Crippen LogP contribution in [0.1, 0.15) is 54.0 Å². The molecule has 2 N–H and O–H groups in total. The number of hydrogen-bond acceptors (Lipinski definition) is 3. The van der Waals surface area contributed by atoms with Gasteiger partial charge in [0.05, 0.1) is 0 Å². The van der Waals surface area contributed by atoms with Gasteiger partial charge in [-0.15, -0.1) is 11.8 Å². The highest BCUT2D eigenvalue weighted by Crippen LogP contribution is 2.37. The molecule has 2 amide bonds. The zero-order chi connectivity index (χ0) is 23.9. The Labute approximate surface area is 206 Å². The monoisotopic (exact) mass is 472 g/mol. The molecular weight excluding hydrogens is 440 g/mol. The van der Waals surface area contributed by atoms with E-state index in [0.29, 0.717) is 0 Å². The normalized spacial score (nSPS) is 14.9. The van der Waals surface area contributed by atoms with Gasteiger partial charge in [0.15, 0.2) is 0 Å². The summed E-state index contributed by atoms with van der Waals surface area (Å²) >= 11 is 1.51. The van der Waals surface area contributed by atoms with Gasteiger partial charge < -0.3 is 10.6 Å². The number of rotatable bonds is 7. The van der Waals surface area contributed by atoms with Crippen LogP contribution in [0.4, 0.5) is 11.4 Å². The zero-order valence-electron chi connectivity index (χ0n) is 19.8. The number of aryl methyl sites for hydroxylation is 2. The molecule has 0 heterocycles. The first-order valence-electron chi connectivity index (χ1n) is 12.0. The Bertz CT molecular complexity index is 1100. The summed E-state index contributed by atoms with van der Waals surface area (Å²) in [7, 11) is 0. The van der Waals surface area contributed by atoms with Crippen molar-refractivity contribution in [2.75, 3.05) is 10.6 Å². The first kappa shape index (κ1) is 24.1. The lowest BCUT2D eigenvalue weighted by Gasteiger charge is -2.21. The van der Waals surface area contributed by atoms with Crippen molar-refractivity contribution in [1.82, 2.24) is 0 Å². The van der Waals surface area contributed by atoms with E-state index >= 15 is 0 Å². The van der Waals surface area contributed by atoms with Gasteiger partial charge in [0.1, 0.15) is 5.25 Å². The zero-order valence-corrected chi connectivity index (χ0v) is 20.7. The SMILES string of the molecule is Cc1cccc(C)c1NC(=O)C(Sc1ccc(NC(=O)C2CCCCC2)cc1)c1ccccc1. The molecule has 0 aromatic heterocycles. The molecular formula is C29H32N2O2S. The summed E-state index contributed by atoms with van der Waals surface area (Å²) in [5.41, 5.74) is 4.71. The highest BCUT2D eigenvalue weighted by molar-refractivity contribution is 8.00. The molecule has 0 aliphatic heterocycles. The molecule has 0 saturated heterocycles. The molecule has 3 aromatic rings. The lowest BCUT2D eigenvalue weighted by atomic mass is 9.88. The van der Waals surface area contributed by atoms with Gasteiger partial charge in [-0.2, -0.15) is 0 Å². The summed E-state index contributed by atoms with van der Waals surface area (Å²) in [6.07, 6.45) is 5.47. The Hall–Kier alpha value is -3.05. The third-order valence-electron chi connectivity index (χ3n) is 6.42. The minimum atomic E-state index is -0.400. The number of benzene rings is 3. The lowest BCUT2D eigenvalue weighted by Crippen LogP contribution is -2.24. The van der Waals surface area contributed by atoms with E-state index in [-0.39, 0.29) is 17.7 Å². The average Bonchev–Trinajstić information content (AvgIpc) is 2.87. The Balaban J connectivity index is 1.48. The molecule has 4 rings (SSSR count). The highest BCUT2D eigenvalue weighted by Gasteiger charge is 2.24. The molecule has 0 spiro atoms. The maximum atomic E-state index is 13.4. The molecule has 176 valence electrons. The molecule has 1 atom stereocenters. The van der Waals surface area contributed by atoms with Crippen LogP contribution in [0.3, 0.4) is 0 Å². The van der Waals surface area contributed by atoms with Crippen molar-refractivity contribution in [3.63, 3.8) is 0 Å². The third-order valence-corrected chi connectivity index (χ3v) is 7.69. The number of amides is 2. The Morgan fingerprint density at radius 3 is 2.09 bits per heavy atom. The maximum absolute atomic E-state index is 13.4. The van der Waals surface area contributed by atoms with E-state index < -0.39 is 5.25 Å². The van der Waals surface area contributed by atoms with Gasteiger partial charge >= 0.3 is 0 Å². The van der Waals surface area contributed by atoms with Crippen LogP contribution < -0.4 is 10.6 Å². The Morgan fingerprint density at radius 1 is 0.794 bits per heavy atom. The van der Waals surface area contributed by atoms with Crippen LogP contribution in [0.15, 0.2) is 77.7 Å². The minimum Gasteiger partial charge on any atom is -0.326 e. The van der Waals surface area contributed by atoms with E-state index in [9.17, 15) is 9.59 Å². The summed E-state index contributed by atoms with van der Waals surface area (Å²) < 4.78 is 0. The Morgan fingerprint density at radius 2 is 1.44 bits per heavy atom. The second-order valence-electron chi connectivity index (χ2n) is 9.01. The quantitative estimate of drug-likeness (QED) is 0.355. The Kier molecular flexibility index (Phi) is 8.07. The summed E-state index contributed by atoms with van der Waals surface area (Å²) in [5.74, 6) is 0.192. The molecule has 34 heavy (non-hydrogen) atoms. The summed E-state index contributed by atoms with van der Waals surface area (Å²) in [6, 6.07) is 23.7. The molecule has 1 unspecified atom stereocenters. The molecule has 1 fully saturated rings. The number of para-hydroxylation sites is 1. The van der Waals surface area contributed by atoms with Crippen molar-refractivity contribution in [1.29, 1.82) is 0 Å². The van der Waals surface area contributed by atoms with Crippen LogP contribution in [-0.4, -0.2) is 11.8 Å². The molecule has 0 bridgehead atoms. The topological polar surface area (TPSA) is 58.2 Å². The lowest BCUT2D eigenvalue weighted by molar-refractivity contribution is -0.120. The van der Waals surface area contributed by atoms with Gasteiger partial charge in [-0.05, 0) is 67.6 Å². The van der Waals surface area contributed by atoms with Crippen molar-refractivity contribution >= 4 is 35.0 Å². The van der Waals surface area contributed by atoms with E-state index in [1.807, 2.05) is 86.6 Å². The van der Waals surface area contributed by atoms with Crippen LogP contribution in [0.25, 0.3) is 0 Å². The standard InChI is InChI=1S/C29H32N2O2S/c1-20-10-9-11-21(2)26(20)31-29(33)27(22-12-5-3-6-13-22)34-25-18-16-24(17-19-25)30-28(32)23-14-7-4-8-15-23/h3,5-6,9-13,16-19,23,27H,4,7-8,14-15H2,1-2H3,(H,30,32)(H,31,33). The number of carbonyl (C=O) groups excluding carboxylic acids is 2. The van der Waals surface area contributed by atoms with Gasteiger partial charge in [0.25, 0.3) is 0 Å². The van der Waals surface area contributed by atoms with E-state index in [0.717, 1.165) is 58.6 Å².